The third-order valence-corrected chi connectivity index (χ3v) is 2.52. The molecule has 0 aliphatic rings. The second-order valence-electron chi connectivity index (χ2n) is 3.85. The summed E-state index contributed by atoms with van der Waals surface area (Å²) >= 11 is 0. The molecule has 0 bridgehead atoms. The van der Waals surface area contributed by atoms with Crippen LogP contribution in [0.5, 0.6) is 11.6 Å². The molecule has 0 unspecified atom stereocenters. The minimum atomic E-state index is -0.333. The summed E-state index contributed by atoms with van der Waals surface area (Å²) in [4.78, 5) is 4.19. The molecule has 0 aliphatic carbocycles. The summed E-state index contributed by atoms with van der Waals surface area (Å²) in [7, 11) is 1.55. The molecule has 18 heavy (non-hydrogen) atoms. The van der Waals surface area contributed by atoms with Crippen LogP contribution in [0.15, 0.2) is 36.4 Å². The number of nitrogens with zero attached hydrogens (tertiary/aromatic N) is 1. The van der Waals surface area contributed by atoms with Crippen LogP contribution in [-0.2, 0) is 6.61 Å². The molecule has 0 spiro atoms. The minimum Gasteiger partial charge on any atom is -0.484 e. The standard InChI is InChI=1S/C14H14FNO2/c1-10-5-3-7-12(14(10)15)18-9-11-6-4-8-13(16-11)17-2/h3-8H,9H2,1-2H3. The third kappa shape index (κ3) is 2.77. The molecule has 2 rings (SSSR count). The van der Waals surface area contributed by atoms with Crippen molar-refractivity contribution in [2.45, 2.75) is 13.5 Å². The number of aromatic nitrogens is 1. The number of ether oxygens (including phenoxy) is 2. The van der Waals surface area contributed by atoms with E-state index in [4.69, 9.17) is 9.47 Å². The van der Waals surface area contributed by atoms with Gasteiger partial charge in [0.25, 0.3) is 0 Å². The Labute approximate surface area is 105 Å². The van der Waals surface area contributed by atoms with E-state index in [2.05, 4.69) is 4.98 Å². The summed E-state index contributed by atoms with van der Waals surface area (Å²) in [5, 5.41) is 0. The van der Waals surface area contributed by atoms with Crippen molar-refractivity contribution in [1.29, 1.82) is 0 Å². The Hall–Kier alpha value is -2.10. The second kappa shape index (κ2) is 5.49. The summed E-state index contributed by atoms with van der Waals surface area (Å²) in [5.41, 5.74) is 1.25. The van der Waals surface area contributed by atoms with E-state index in [1.54, 1.807) is 44.4 Å². The molecule has 0 atom stereocenters. The SMILES string of the molecule is COc1cccc(COc2cccc(C)c2F)n1. The Kier molecular flexibility index (Phi) is 3.77. The van der Waals surface area contributed by atoms with E-state index in [-0.39, 0.29) is 18.2 Å². The molecule has 0 saturated heterocycles. The summed E-state index contributed by atoms with van der Waals surface area (Å²) in [6.07, 6.45) is 0. The highest BCUT2D eigenvalue weighted by atomic mass is 19.1. The van der Waals surface area contributed by atoms with E-state index < -0.39 is 0 Å². The van der Waals surface area contributed by atoms with Crippen molar-refractivity contribution in [2.75, 3.05) is 7.11 Å². The van der Waals surface area contributed by atoms with Crippen LogP contribution in [0.1, 0.15) is 11.3 Å². The van der Waals surface area contributed by atoms with Gasteiger partial charge >= 0.3 is 0 Å². The number of rotatable bonds is 4. The van der Waals surface area contributed by atoms with Gasteiger partial charge in [0.2, 0.25) is 5.88 Å². The highest BCUT2D eigenvalue weighted by Gasteiger charge is 2.06. The summed E-state index contributed by atoms with van der Waals surface area (Å²) in [5.74, 6) is 0.417. The molecule has 0 amide bonds. The molecule has 0 N–H and O–H groups in total. The van der Waals surface area contributed by atoms with Crippen molar-refractivity contribution < 1.29 is 13.9 Å². The molecule has 4 heteroatoms. The van der Waals surface area contributed by atoms with E-state index in [1.165, 1.54) is 0 Å². The van der Waals surface area contributed by atoms with E-state index in [9.17, 15) is 4.39 Å². The molecule has 0 radical (unpaired) electrons. The molecule has 1 heterocycles. The third-order valence-electron chi connectivity index (χ3n) is 2.52. The van der Waals surface area contributed by atoms with Crippen molar-refractivity contribution in [3.05, 3.63) is 53.5 Å². The topological polar surface area (TPSA) is 31.4 Å². The van der Waals surface area contributed by atoms with Crippen LogP contribution in [0.3, 0.4) is 0 Å². The fourth-order valence-electron chi connectivity index (χ4n) is 1.54. The van der Waals surface area contributed by atoms with Crippen molar-refractivity contribution in [3.8, 4) is 11.6 Å². The predicted octanol–water partition coefficient (Wildman–Crippen LogP) is 3.12. The van der Waals surface area contributed by atoms with Gasteiger partial charge in [-0.2, -0.15) is 0 Å². The van der Waals surface area contributed by atoms with Gasteiger partial charge in [-0.3, -0.25) is 0 Å². The van der Waals surface area contributed by atoms with Crippen molar-refractivity contribution in [1.82, 2.24) is 4.98 Å². The first kappa shape index (κ1) is 12.4. The quantitative estimate of drug-likeness (QED) is 0.831. The van der Waals surface area contributed by atoms with E-state index >= 15 is 0 Å². The van der Waals surface area contributed by atoms with Gasteiger partial charge in [-0.25, -0.2) is 9.37 Å². The predicted molar refractivity (Wildman–Crippen MR) is 66.3 cm³/mol. The van der Waals surface area contributed by atoms with E-state index in [1.807, 2.05) is 6.07 Å². The summed E-state index contributed by atoms with van der Waals surface area (Å²) < 4.78 is 24.1. The monoisotopic (exact) mass is 247 g/mol. The maximum absolute atomic E-state index is 13.7. The van der Waals surface area contributed by atoms with Crippen LogP contribution < -0.4 is 9.47 Å². The highest BCUT2D eigenvalue weighted by Crippen LogP contribution is 2.20. The zero-order valence-corrected chi connectivity index (χ0v) is 10.3. The zero-order chi connectivity index (χ0) is 13.0. The number of pyridine rings is 1. The molecule has 3 nitrogen and oxygen atoms in total. The number of methoxy groups -OCH3 is 1. The first-order valence-electron chi connectivity index (χ1n) is 5.58. The van der Waals surface area contributed by atoms with Gasteiger partial charge in [0.15, 0.2) is 11.6 Å². The van der Waals surface area contributed by atoms with Gasteiger partial charge in [0.1, 0.15) is 6.61 Å². The molecular weight excluding hydrogens is 233 g/mol. The Morgan fingerprint density at radius 3 is 2.72 bits per heavy atom. The fourth-order valence-corrected chi connectivity index (χ4v) is 1.54. The summed E-state index contributed by atoms with van der Waals surface area (Å²) in [6, 6.07) is 10.4. The van der Waals surface area contributed by atoms with Crippen LogP contribution in [0.4, 0.5) is 4.39 Å². The summed E-state index contributed by atoms with van der Waals surface area (Å²) in [6.45, 7) is 1.91. The molecule has 0 saturated carbocycles. The lowest BCUT2D eigenvalue weighted by molar-refractivity contribution is 0.283. The van der Waals surface area contributed by atoms with Gasteiger partial charge in [-0.1, -0.05) is 18.2 Å². The average molecular weight is 247 g/mol. The Morgan fingerprint density at radius 1 is 1.17 bits per heavy atom. The lowest BCUT2D eigenvalue weighted by atomic mass is 10.2. The molecule has 1 aromatic heterocycles. The molecular formula is C14H14FNO2. The largest absolute Gasteiger partial charge is 0.484 e. The molecule has 1 aromatic carbocycles. The van der Waals surface area contributed by atoms with Gasteiger partial charge in [0.05, 0.1) is 12.8 Å². The maximum Gasteiger partial charge on any atom is 0.213 e. The van der Waals surface area contributed by atoms with Gasteiger partial charge in [-0.15, -0.1) is 0 Å². The number of hydrogen-bond donors (Lipinski definition) is 0. The van der Waals surface area contributed by atoms with Crippen molar-refractivity contribution >= 4 is 0 Å². The molecule has 94 valence electrons. The molecule has 0 aliphatic heterocycles. The lowest BCUT2D eigenvalue weighted by Crippen LogP contribution is -2.01. The van der Waals surface area contributed by atoms with Crippen molar-refractivity contribution in [3.63, 3.8) is 0 Å². The Balaban J connectivity index is 2.09. The number of aryl methyl sites for hydroxylation is 1. The lowest BCUT2D eigenvalue weighted by Gasteiger charge is -2.08. The number of halogens is 1. The van der Waals surface area contributed by atoms with Crippen LogP contribution in [0, 0.1) is 12.7 Å². The minimum absolute atomic E-state index is 0.206. The van der Waals surface area contributed by atoms with Crippen LogP contribution in [0.25, 0.3) is 0 Å². The van der Waals surface area contributed by atoms with E-state index in [0.717, 1.165) is 0 Å². The average Bonchev–Trinajstić information content (AvgIpc) is 2.41. The van der Waals surface area contributed by atoms with Gasteiger partial charge < -0.3 is 9.47 Å². The van der Waals surface area contributed by atoms with Crippen LogP contribution >= 0.6 is 0 Å². The smallest absolute Gasteiger partial charge is 0.213 e. The molecule has 0 fully saturated rings. The highest BCUT2D eigenvalue weighted by molar-refractivity contribution is 5.30. The van der Waals surface area contributed by atoms with Crippen molar-refractivity contribution in [2.24, 2.45) is 0 Å². The number of benzene rings is 1. The van der Waals surface area contributed by atoms with Crippen LogP contribution in [-0.4, -0.2) is 12.1 Å². The van der Waals surface area contributed by atoms with Gasteiger partial charge in [0, 0.05) is 6.07 Å². The molecule has 2 aromatic rings. The zero-order valence-electron chi connectivity index (χ0n) is 10.3. The number of hydrogen-bond acceptors (Lipinski definition) is 3. The second-order valence-corrected chi connectivity index (χ2v) is 3.85. The fraction of sp³-hybridized carbons (Fsp3) is 0.214. The first-order chi connectivity index (χ1) is 8.70. The maximum atomic E-state index is 13.7. The Morgan fingerprint density at radius 2 is 1.94 bits per heavy atom. The van der Waals surface area contributed by atoms with E-state index in [0.29, 0.717) is 17.1 Å². The Bertz CT molecular complexity index is 543. The van der Waals surface area contributed by atoms with Gasteiger partial charge in [-0.05, 0) is 24.6 Å². The normalized spacial score (nSPS) is 10.2. The first-order valence-corrected chi connectivity index (χ1v) is 5.58. The van der Waals surface area contributed by atoms with Crippen LogP contribution in [0.2, 0.25) is 0 Å².